The molecule has 0 radical (unpaired) electrons. The van der Waals surface area contributed by atoms with E-state index in [9.17, 15) is 14.7 Å². The number of aliphatic carboxylic acids is 1. The van der Waals surface area contributed by atoms with Crippen molar-refractivity contribution >= 4 is 17.6 Å². The molecule has 2 aromatic carbocycles. The van der Waals surface area contributed by atoms with Gasteiger partial charge >= 0.3 is 11.9 Å². The van der Waals surface area contributed by atoms with Crippen LogP contribution in [0.4, 0.5) is 5.69 Å². The highest BCUT2D eigenvalue weighted by Gasteiger charge is 2.24. The zero-order valence-electron chi connectivity index (χ0n) is 22.4. The molecule has 1 aliphatic rings. The highest BCUT2D eigenvalue weighted by molar-refractivity contribution is 6.31. The number of benzene rings is 2. The lowest BCUT2D eigenvalue weighted by Crippen LogP contribution is -2.40. The Hall–Kier alpha value is -3.06. The molecule has 36 heavy (non-hydrogen) atoms. The maximum Gasteiger partial charge on any atom is 0.394 e. The number of anilines is 1. The van der Waals surface area contributed by atoms with Gasteiger partial charge in [-0.1, -0.05) is 52.0 Å². The molecule has 7 heteroatoms. The summed E-state index contributed by atoms with van der Waals surface area (Å²) in [5.41, 5.74) is 4.16. The number of hydrogen-bond acceptors (Lipinski definition) is 5. The van der Waals surface area contributed by atoms with Crippen molar-refractivity contribution in [1.82, 2.24) is 9.80 Å². The predicted octanol–water partition coefficient (Wildman–Crippen LogP) is 4.60. The maximum atomic E-state index is 12.5. The van der Waals surface area contributed by atoms with Gasteiger partial charge in [0.05, 0.1) is 6.61 Å². The van der Waals surface area contributed by atoms with Gasteiger partial charge in [-0.25, -0.2) is 4.79 Å². The lowest BCUT2D eigenvalue weighted by atomic mass is 10.00. The third-order valence-corrected chi connectivity index (χ3v) is 6.31. The van der Waals surface area contributed by atoms with Crippen LogP contribution in [-0.2, 0) is 16.1 Å². The van der Waals surface area contributed by atoms with E-state index < -0.39 is 11.9 Å². The molecule has 1 aliphatic heterocycles. The molecule has 0 aliphatic carbocycles. The van der Waals surface area contributed by atoms with E-state index in [4.69, 9.17) is 4.74 Å². The molecule has 0 spiro atoms. The van der Waals surface area contributed by atoms with Crippen molar-refractivity contribution in [3.8, 4) is 16.9 Å². The lowest BCUT2D eigenvalue weighted by molar-refractivity contribution is -0.156. The van der Waals surface area contributed by atoms with E-state index in [-0.39, 0.29) is 6.54 Å². The van der Waals surface area contributed by atoms with Gasteiger partial charge in [0.15, 0.2) is 0 Å². The number of carbonyl (C=O) groups excluding carboxylic acids is 1. The number of nitrogens with zero attached hydrogens (tertiary/aromatic N) is 3. The molecule has 0 saturated carbocycles. The summed E-state index contributed by atoms with van der Waals surface area (Å²) >= 11 is 0. The number of ether oxygens (including phenoxy) is 1. The molecule has 1 amide bonds. The van der Waals surface area contributed by atoms with Crippen LogP contribution in [-0.4, -0.2) is 73.2 Å². The fourth-order valence-electron chi connectivity index (χ4n) is 4.48. The Morgan fingerprint density at radius 3 is 2.39 bits per heavy atom. The molecular formula is C29H41N3O4. The summed E-state index contributed by atoms with van der Waals surface area (Å²) in [6.45, 7) is 13.3. The zero-order valence-corrected chi connectivity index (χ0v) is 22.4. The van der Waals surface area contributed by atoms with Gasteiger partial charge in [-0.3, -0.25) is 4.79 Å². The van der Waals surface area contributed by atoms with E-state index in [1.54, 1.807) is 0 Å². The van der Waals surface area contributed by atoms with Crippen LogP contribution in [0.2, 0.25) is 0 Å². The van der Waals surface area contributed by atoms with Crippen LogP contribution in [0.5, 0.6) is 5.75 Å². The highest BCUT2D eigenvalue weighted by Crippen LogP contribution is 2.32. The number of rotatable bonds is 6. The number of likely N-dealkylation sites (N-methyl/N-ethyl adjacent to an activating group) is 1. The topological polar surface area (TPSA) is 73.3 Å². The Kier molecular flexibility index (Phi) is 9.76. The lowest BCUT2D eigenvalue weighted by Gasteiger charge is -2.30. The van der Waals surface area contributed by atoms with Crippen molar-refractivity contribution in [3.05, 3.63) is 48.0 Å². The maximum absolute atomic E-state index is 12.5. The molecule has 2 aromatic rings. The normalized spacial score (nSPS) is 15.5. The monoisotopic (exact) mass is 495 g/mol. The van der Waals surface area contributed by atoms with Crippen LogP contribution in [0.15, 0.2) is 42.5 Å². The first-order valence-electron chi connectivity index (χ1n) is 13.0. The number of carbonyl (C=O) groups is 2. The SMILES string of the molecule is CC(C)COc1cccc(-c2ccc3c(c2)N(CC(C)C)CCCN(C)CCN(C(=O)C(=O)O)C3)c1. The van der Waals surface area contributed by atoms with Gasteiger partial charge in [-0.15, -0.1) is 0 Å². The van der Waals surface area contributed by atoms with Gasteiger partial charge < -0.3 is 24.5 Å². The first-order chi connectivity index (χ1) is 17.1. The molecule has 0 aromatic heterocycles. The van der Waals surface area contributed by atoms with E-state index in [0.29, 0.717) is 31.5 Å². The Morgan fingerprint density at radius 1 is 0.944 bits per heavy atom. The second kappa shape index (κ2) is 12.8. The van der Waals surface area contributed by atoms with Crippen molar-refractivity contribution in [2.24, 2.45) is 11.8 Å². The van der Waals surface area contributed by atoms with Gasteiger partial charge in [0.1, 0.15) is 5.75 Å². The summed E-state index contributed by atoms with van der Waals surface area (Å²) in [6.07, 6.45) is 0.984. The third-order valence-electron chi connectivity index (χ3n) is 6.31. The van der Waals surface area contributed by atoms with E-state index >= 15 is 0 Å². The van der Waals surface area contributed by atoms with Crippen molar-refractivity contribution in [1.29, 1.82) is 0 Å². The van der Waals surface area contributed by atoms with E-state index in [1.807, 2.05) is 25.2 Å². The molecule has 3 rings (SSSR count). The van der Waals surface area contributed by atoms with Crippen molar-refractivity contribution in [2.45, 2.75) is 40.7 Å². The molecule has 0 atom stereocenters. The molecule has 7 nitrogen and oxygen atoms in total. The van der Waals surface area contributed by atoms with Crippen LogP contribution in [0.25, 0.3) is 11.1 Å². The standard InChI is InChI=1S/C29H41N3O4/c1-21(2)18-31-13-7-12-30(5)14-15-32(28(33)29(34)35)19-25-11-10-24(17-27(25)31)23-8-6-9-26(16-23)36-20-22(3)4/h6,8-11,16-17,21-22H,7,12-15,18-20H2,1-5H3,(H,34,35). The Bertz CT molecular complexity index is 1040. The number of carboxylic acid groups (broad SMARTS) is 1. The summed E-state index contributed by atoms with van der Waals surface area (Å²) in [4.78, 5) is 30.1. The number of carboxylic acids is 1. The molecule has 0 unspecified atom stereocenters. The highest BCUT2D eigenvalue weighted by atomic mass is 16.5. The smallest absolute Gasteiger partial charge is 0.394 e. The molecule has 0 fully saturated rings. The largest absolute Gasteiger partial charge is 0.493 e. The summed E-state index contributed by atoms with van der Waals surface area (Å²) in [6, 6.07) is 14.4. The third kappa shape index (κ3) is 7.72. The second-order valence-corrected chi connectivity index (χ2v) is 10.6. The predicted molar refractivity (Wildman–Crippen MR) is 144 cm³/mol. The van der Waals surface area contributed by atoms with Crippen molar-refractivity contribution in [3.63, 3.8) is 0 Å². The zero-order chi connectivity index (χ0) is 26.2. The molecule has 1 heterocycles. The molecular weight excluding hydrogens is 454 g/mol. The number of fused-ring (bicyclic) bond motifs is 1. The average molecular weight is 496 g/mol. The van der Waals surface area contributed by atoms with Crippen molar-refractivity contribution in [2.75, 3.05) is 51.3 Å². The molecule has 1 N–H and O–H groups in total. The van der Waals surface area contributed by atoms with Crippen molar-refractivity contribution < 1.29 is 19.4 Å². The van der Waals surface area contributed by atoms with Crippen LogP contribution >= 0.6 is 0 Å². The second-order valence-electron chi connectivity index (χ2n) is 10.6. The molecule has 0 saturated heterocycles. The fourth-order valence-corrected chi connectivity index (χ4v) is 4.48. The first-order valence-corrected chi connectivity index (χ1v) is 13.0. The minimum atomic E-state index is -1.41. The van der Waals surface area contributed by atoms with Crippen LogP contribution < -0.4 is 9.64 Å². The van der Waals surface area contributed by atoms with Gasteiger partial charge in [-0.05, 0) is 66.7 Å². The van der Waals surface area contributed by atoms with Gasteiger partial charge in [0.25, 0.3) is 0 Å². The number of hydrogen-bond donors (Lipinski definition) is 1. The Labute approximate surface area is 215 Å². The average Bonchev–Trinajstić information content (AvgIpc) is 2.86. The first kappa shape index (κ1) is 27.5. The van der Waals surface area contributed by atoms with E-state index in [1.165, 1.54) is 4.90 Å². The van der Waals surface area contributed by atoms with Gasteiger partial charge in [0, 0.05) is 38.4 Å². The number of amides is 1. The quantitative estimate of drug-likeness (QED) is 0.591. The summed E-state index contributed by atoms with van der Waals surface area (Å²) in [7, 11) is 2.02. The molecule has 196 valence electrons. The van der Waals surface area contributed by atoms with Crippen LogP contribution in [0, 0.1) is 11.8 Å². The summed E-state index contributed by atoms with van der Waals surface area (Å²) in [5, 5.41) is 9.43. The van der Waals surface area contributed by atoms with Crippen LogP contribution in [0.3, 0.4) is 0 Å². The Morgan fingerprint density at radius 2 is 1.69 bits per heavy atom. The summed E-state index contributed by atoms with van der Waals surface area (Å²) < 4.78 is 5.95. The Balaban J connectivity index is 2.04. The van der Waals surface area contributed by atoms with Gasteiger partial charge in [-0.2, -0.15) is 0 Å². The minimum absolute atomic E-state index is 0.265. The molecule has 0 bridgehead atoms. The summed E-state index contributed by atoms with van der Waals surface area (Å²) in [5.74, 6) is -0.528. The fraction of sp³-hybridized carbons (Fsp3) is 0.517. The van der Waals surface area contributed by atoms with Crippen LogP contribution in [0.1, 0.15) is 39.7 Å². The minimum Gasteiger partial charge on any atom is -0.493 e. The van der Waals surface area contributed by atoms with E-state index in [2.05, 4.69) is 61.8 Å². The van der Waals surface area contributed by atoms with Gasteiger partial charge in [0.2, 0.25) is 0 Å². The van der Waals surface area contributed by atoms with E-state index in [0.717, 1.165) is 54.2 Å².